The van der Waals surface area contributed by atoms with Crippen LogP contribution in [0.2, 0.25) is 0 Å². The summed E-state index contributed by atoms with van der Waals surface area (Å²) >= 11 is 0. The molecular weight excluding hydrogens is 180 g/mol. The van der Waals surface area contributed by atoms with E-state index in [0.29, 0.717) is 5.41 Å². The summed E-state index contributed by atoms with van der Waals surface area (Å²) in [6, 6.07) is 0. The molecule has 0 heterocycles. The molecular formula is C15H32. The third kappa shape index (κ3) is 5.04. The second kappa shape index (κ2) is 6.55. The Morgan fingerprint density at radius 2 is 1.53 bits per heavy atom. The molecule has 0 amide bonds. The lowest BCUT2D eigenvalue weighted by atomic mass is 9.68. The standard InChI is InChI=1S/C15H32/c1-8-9-10-15(7,13(4)5)11-14(6)12(2)3/h12-14H,8-11H2,1-7H3. The van der Waals surface area contributed by atoms with Crippen molar-refractivity contribution in [1.82, 2.24) is 0 Å². The molecule has 0 bridgehead atoms. The molecule has 2 unspecified atom stereocenters. The second-order valence-electron chi connectivity index (χ2n) is 6.34. The molecule has 0 nitrogen and oxygen atoms in total. The van der Waals surface area contributed by atoms with E-state index in [4.69, 9.17) is 0 Å². The van der Waals surface area contributed by atoms with Gasteiger partial charge in [-0.2, -0.15) is 0 Å². The summed E-state index contributed by atoms with van der Waals surface area (Å²) in [4.78, 5) is 0. The molecule has 0 heteroatoms. The van der Waals surface area contributed by atoms with Crippen LogP contribution in [0.5, 0.6) is 0 Å². The van der Waals surface area contributed by atoms with Crippen LogP contribution < -0.4 is 0 Å². The van der Waals surface area contributed by atoms with Gasteiger partial charge in [0.25, 0.3) is 0 Å². The van der Waals surface area contributed by atoms with Gasteiger partial charge in [-0.3, -0.25) is 0 Å². The molecule has 0 aromatic heterocycles. The predicted octanol–water partition coefficient (Wildman–Crippen LogP) is 5.52. The smallest absolute Gasteiger partial charge is 0.0300 e. The molecule has 0 aliphatic heterocycles. The van der Waals surface area contributed by atoms with Crippen molar-refractivity contribution in [3.63, 3.8) is 0 Å². The van der Waals surface area contributed by atoms with Crippen molar-refractivity contribution < 1.29 is 0 Å². The first-order valence-corrected chi connectivity index (χ1v) is 6.83. The van der Waals surface area contributed by atoms with E-state index in [1.54, 1.807) is 0 Å². The van der Waals surface area contributed by atoms with Gasteiger partial charge in [0, 0.05) is 0 Å². The zero-order chi connectivity index (χ0) is 12.1. The largest absolute Gasteiger partial charge is 0.0654 e. The first-order chi connectivity index (χ1) is 6.83. The van der Waals surface area contributed by atoms with E-state index in [9.17, 15) is 0 Å². The van der Waals surface area contributed by atoms with Gasteiger partial charge in [0.1, 0.15) is 0 Å². The molecule has 0 aliphatic rings. The third-order valence-electron chi connectivity index (χ3n) is 4.42. The minimum absolute atomic E-state index is 0.555. The zero-order valence-corrected chi connectivity index (χ0v) is 12.1. The summed E-state index contributed by atoms with van der Waals surface area (Å²) < 4.78 is 0. The van der Waals surface area contributed by atoms with Crippen molar-refractivity contribution in [3.05, 3.63) is 0 Å². The Kier molecular flexibility index (Phi) is 6.55. The maximum atomic E-state index is 2.49. The Bertz CT molecular complexity index is 157. The van der Waals surface area contributed by atoms with Gasteiger partial charge in [0.2, 0.25) is 0 Å². The maximum absolute atomic E-state index is 2.49. The molecule has 0 N–H and O–H groups in total. The van der Waals surface area contributed by atoms with Crippen LogP contribution in [0.25, 0.3) is 0 Å². The lowest BCUT2D eigenvalue weighted by Gasteiger charge is -2.37. The molecule has 92 valence electrons. The van der Waals surface area contributed by atoms with Gasteiger partial charge in [-0.05, 0) is 36.0 Å². The fraction of sp³-hybridized carbons (Fsp3) is 1.00. The van der Waals surface area contributed by atoms with E-state index in [0.717, 1.165) is 17.8 Å². The average Bonchev–Trinajstić information content (AvgIpc) is 2.14. The molecule has 0 saturated carbocycles. The van der Waals surface area contributed by atoms with Gasteiger partial charge in [-0.25, -0.2) is 0 Å². The highest BCUT2D eigenvalue weighted by molar-refractivity contribution is 4.80. The van der Waals surface area contributed by atoms with E-state index in [1.165, 1.54) is 25.7 Å². The van der Waals surface area contributed by atoms with E-state index in [-0.39, 0.29) is 0 Å². The minimum Gasteiger partial charge on any atom is -0.0654 e. The molecule has 0 fully saturated rings. The molecule has 0 rings (SSSR count). The van der Waals surface area contributed by atoms with Crippen molar-refractivity contribution in [2.45, 2.75) is 74.1 Å². The number of rotatable bonds is 7. The van der Waals surface area contributed by atoms with Crippen LogP contribution in [-0.4, -0.2) is 0 Å². The van der Waals surface area contributed by atoms with Crippen molar-refractivity contribution >= 4 is 0 Å². The van der Waals surface area contributed by atoms with Crippen LogP contribution in [0.3, 0.4) is 0 Å². The van der Waals surface area contributed by atoms with Crippen molar-refractivity contribution in [1.29, 1.82) is 0 Å². The lowest BCUT2D eigenvalue weighted by molar-refractivity contribution is 0.132. The highest BCUT2D eigenvalue weighted by Gasteiger charge is 2.30. The Hall–Kier alpha value is 0. The average molecular weight is 212 g/mol. The van der Waals surface area contributed by atoms with Crippen LogP contribution in [0, 0.1) is 23.2 Å². The van der Waals surface area contributed by atoms with E-state index >= 15 is 0 Å². The molecule has 0 aromatic rings. The van der Waals surface area contributed by atoms with Gasteiger partial charge in [0.15, 0.2) is 0 Å². The second-order valence-corrected chi connectivity index (χ2v) is 6.34. The van der Waals surface area contributed by atoms with Gasteiger partial charge in [-0.15, -0.1) is 0 Å². The first-order valence-electron chi connectivity index (χ1n) is 6.83. The summed E-state index contributed by atoms with van der Waals surface area (Å²) in [6.07, 6.45) is 5.51. The summed E-state index contributed by atoms with van der Waals surface area (Å²) in [7, 11) is 0. The maximum Gasteiger partial charge on any atom is -0.0300 e. The molecule has 0 radical (unpaired) electrons. The molecule has 2 atom stereocenters. The van der Waals surface area contributed by atoms with Crippen LogP contribution >= 0.6 is 0 Å². The van der Waals surface area contributed by atoms with E-state index in [2.05, 4.69) is 48.5 Å². The van der Waals surface area contributed by atoms with Crippen LogP contribution in [-0.2, 0) is 0 Å². The quantitative estimate of drug-likeness (QED) is 0.521. The SMILES string of the molecule is CCCCC(C)(CC(C)C(C)C)C(C)C. The Morgan fingerprint density at radius 1 is 1.00 bits per heavy atom. The number of hydrogen-bond donors (Lipinski definition) is 0. The molecule has 15 heavy (non-hydrogen) atoms. The van der Waals surface area contributed by atoms with E-state index in [1.807, 2.05) is 0 Å². The topological polar surface area (TPSA) is 0 Å². The summed E-state index contributed by atoms with van der Waals surface area (Å²) in [6.45, 7) is 16.7. The highest BCUT2D eigenvalue weighted by atomic mass is 14.3. The minimum atomic E-state index is 0.555. The van der Waals surface area contributed by atoms with Gasteiger partial charge < -0.3 is 0 Å². The predicted molar refractivity (Wildman–Crippen MR) is 71.1 cm³/mol. The van der Waals surface area contributed by atoms with Gasteiger partial charge in [0.05, 0.1) is 0 Å². The molecule has 0 aromatic carbocycles. The normalized spacial score (nSPS) is 18.2. The summed E-state index contributed by atoms with van der Waals surface area (Å²) in [5.74, 6) is 2.49. The Morgan fingerprint density at radius 3 is 1.87 bits per heavy atom. The lowest BCUT2D eigenvalue weighted by Crippen LogP contribution is -2.27. The summed E-state index contributed by atoms with van der Waals surface area (Å²) in [5.41, 5.74) is 0.555. The van der Waals surface area contributed by atoms with Gasteiger partial charge in [-0.1, -0.05) is 61.3 Å². The van der Waals surface area contributed by atoms with Crippen LogP contribution in [0.4, 0.5) is 0 Å². The third-order valence-corrected chi connectivity index (χ3v) is 4.42. The molecule has 0 aliphatic carbocycles. The van der Waals surface area contributed by atoms with Crippen LogP contribution in [0.1, 0.15) is 74.1 Å². The number of unbranched alkanes of at least 4 members (excludes halogenated alkanes) is 1. The molecule has 0 saturated heterocycles. The fourth-order valence-corrected chi connectivity index (χ4v) is 2.18. The highest BCUT2D eigenvalue weighted by Crippen LogP contribution is 2.40. The van der Waals surface area contributed by atoms with E-state index < -0.39 is 0 Å². The van der Waals surface area contributed by atoms with Crippen molar-refractivity contribution in [2.75, 3.05) is 0 Å². The van der Waals surface area contributed by atoms with Crippen molar-refractivity contribution in [2.24, 2.45) is 23.2 Å². The zero-order valence-electron chi connectivity index (χ0n) is 12.1. The Labute approximate surface area is 97.8 Å². The monoisotopic (exact) mass is 212 g/mol. The fourth-order valence-electron chi connectivity index (χ4n) is 2.18. The number of hydrogen-bond acceptors (Lipinski definition) is 0. The van der Waals surface area contributed by atoms with Crippen LogP contribution in [0.15, 0.2) is 0 Å². The Balaban J connectivity index is 4.37. The molecule has 0 spiro atoms. The van der Waals surface area contributed by atoms with Gasteiger partial charge >= 0.3 is 0 Å². The summed E-state index contributed by atoms with van der Waals surface area (Å²) in [5, 5.41) is 0. The first kappa shape index (κ1) is 15.0. The van der Waals surface area contributed by atoms with Crippen molar-refractivity contribution in [3.8, 4) is 0 Å².